The largest absolute Gasteiger partial charge is 0.454 e. The van der Waals surface area contributed by atoms with Gasteiger partial charge in [-0.3, -0.25) is 15.0 Å². The van der Waals surface area contributed by atoms with E-state index < -0.39 is 0 Å². The van der Waals surface area contributed by atoms with Crippen LogP contribution in [0.15, 0.2) is 12.1 Å². The predicted molar refractivity (Wildman–Crippen MR) is 76.6 cm³/mol. The molecule has 2 aliphatic heterocycles. The Balaban J connectivity index is 1.82. The number of hydrogen-bond acceptors (Lipinski definition) is 6. The van der Waals surface area contributed by atoms with Crippen molar-refractivity contribution in [2.45, 2.75) is 13.0 Å². The van der Waals surface area contributed by atoms with Crippen LogP contribution in [0.25, 0.3) is 0 Å². The fraction of sp³-hybridized carbons (Fsp3) is 0.571. The van der Waals surface area contributed by atoms with Gasteiger partial charge in [0.05, 0.1) is 11.0 Å². The zero-order valence-electron chi connectivity index (χ0n) is 12.1. The lowest BCUT2D eigenvalue weighted by Gasteiger charge is -2.20. The summed E-state index contributed by atoms with van der Waals surface area (Å²) in [5.41, 5.74) is 0.797. The number of nitro benzene ring substituents is 1. The molecular formula is C14H19N3O4. The maximum Gasteiger partial charge on any atom is 0.277 e. The first-order valence-corrected chi connectivity index (χ1v) is 7.11. The van der Waals surface area contributed by atoms with Crippen LogP contribution in [-0.4, -0.2) is 54.7 Å². The van der Waals surface area contributed by atoms with E-state index in [2.05, 4.69) is 16.8 Å². The molecule has 1 fully saturated rings. The van der Waals surface area contributed by atoms with Crippen LogP contribution >= 0.6 is 0 Å². The van der Waals surface area contributed by atoms with E-state index in [1.165, 1.54) is 6.07 Å². The SMILES string of the molecule is CN1CCCN(Cc2cc3c(cc2[N+](=O)[O-])OCO3)CC1. The average Bonchev–Trinajstić information content (AvgIpc) is 2.81. The lowest BCUT2D eigenvalue weighted by atomic mass is 10.1. The molecule has 114 valence electrons. The van der Waals surface area contributed by atoms with Crippen molar-refractivity contribution in [1.82, 2.24) is 9.80 Å². The van der Waals surface area contributed by atoms with Gasteiger partial charge in [-0.2, -0.15) is 0 Å². The molecule has 7 heteroatoms. The molecule has 0 bridgehead atoms. The molecule has 0 saturated carbocycles. The van der Waals surface area contributed by atoms with Gasteiger partial charge in [0.1, 0.15) is 0 Å². The second kappa shape index (κ2) is 5.87. The highest BCUT2D eigenvalue weighted by molar-refractivity contribution is 5.55. The minimum absolute atomic E-state index is 0.108. The molecule has 0 unspecified atom stereocenters. The molecule has 0 amide bonds. The molecule has 0 aromatic heterocycles. The van der Waals surface area contributed by atoms with Crippen LogP contribution in [0.1, 0.15) is 12.0 Å². The molecule has 7 nitrogen and oxygen atoms in total. The molecular weight excluding hydrogens is 274 g/mol. The second-order valence-corrected chi connectivity index (χ2v) is 5.52. The zero-order valence-corrected chi connectivity index (χ0v) is 12.1. The molecule has 3 rings (SSSR count). The summed E-state index contributed by atoms with van der Waals surface area (Å²) in [6.45, 7) is 4.63. The van der Waals surface area contributed by atoms with E-state index in [1.54, 1.807) is 6.07 Å². The van der Waals surface area contributed by atoms with Crippen molar-refractivity contribution >= 4 is 5.69 Å². The maximum absolute atomic E-state index is 11.3. The van der Waals surface area contributed by atoms with Crippen molar-refractivity contribution in [2.75, 3.05) is 40.0 Å². The Hall–Kier alpha value is -1.86. The summed E-state index contributed by atoms with van der Waals surface area (Å²) in [7, 11) is 2.10. The van der Waals surface area contributed by atoms with E-state index in [0.29, 0.717) is 23.6 Å². The number of nitro groups is 1. The molecule has 2 aliphatic rings. The summed E-state index contributed by atoms with van der Waals surface area (Å²) in [6, 6.07) is 3.22. The Kier molecular flexibility index (Phi) is 3.94. The van der Waals surface area contributed by atoms with Gasteiger partial charge >= 0.3 is 0 Å². The van der Waals surface area contributed by atoms with E-state index >= 15 is 0 Å². The Morgan fingerprint density at radius 2 is 1.95 bits per heavy atom. The topological polar surface area (TPSA) is 68.1 Å². The summed E-state index contributed by atoms with van der Waals surface area (Å²) in [5.74, 6) is 1.06. The highest BCUT2D eigenvalue weighted by Gasteiger charge is 2.25. The lowest BCUT2D eigenvalue weighted by molar-refractivity contribution is -0.385. The van der Waals surface area contributed by atoms with E-state index in [9.17, 15) is 10.1 Å². The third-order valence-electron chi connectivity index (χ3n) is 3.98. The van der Waals surface area contributed by atoms with Crippen LogP contribution in [0.2, 0.25) is 0 Å². The molecule has 2 heterocycles. The number of benzene rings is 1. The third kappa shape index (κ3) is 3.08. The Labute approximate surface area is 123 Å². The van der Waals surface area contributed by atoms with Gasteiger partial charge in [0.15, 0.2) is 11.5 Å². The minimum Gasteiger partial charge on any atom is -0.454 e. The monoisotopic (exact) mass is 293 g/mol. The van der Waals surface area contributed by atoms with Crippen LogP contribution in [0.3, 0.4) is 0 Å². The van der Waals surface area contributed by atoms with Gasteiger partial charge in [-0.15, -0.1) is 0 Å². The van der Waals surface area contributed by atoms with Gasteiger partial charge in [-0.1, -0.05) is 0 Å². The molecule has 0 aliphatic carbocycles. The van der Waals surface area contributed by atoms with E-state index in [4.69, 9.17) is 9.47 Å². The number of hydrogen-bond donors (Lipinski definition) is 0. The average molecular weight is 293 g/mol. The molecule has 0 atom stereocenters. The number of rotatable bonds is 3. The number of fused-ring (bicyclic) bond motifs is 1. The fourth-order valence-corrected chi connectivity index (χ4v) is 2.77. The second-order valence-electron chi connectivity index (χ2n) is 5.52. The van der Waals surface area contributed by atoms with Crippen molar-refractivity contribution in [1.29, 1.82) is 0 Å². The van der Waals surface area contributed by atoms with E-state index in [0.717, 1.165) is 32.6 Å². The van der Waals surface area contributed by atoms with Crippen LogP contribution in [0, 0.1) is 10.1 Å². The van der Waals surface area contributed by atoms with Crippen molar-refractivity contribution in [2.24, 2.45) is 0 Å². The molecule has 0 radical (unpaired) electrons. The van der Waals surface area contributed by atoms with Crippen LogP contribution in [0.5, 0.6) is 11.5 Å². The summed E-state index contributed by atoms with van der Waals surface area (Å²) in [5, 5.41) is 11.3. The quantitative estimate of drug-likeness (QED) is 0.621. The van der Waals surface area contributed by atoms with Crippen LogP contribution < -0.4 is 9.47 Å². The molecule has 1 aromatic carbocycles. The number of likely N-dealkylation sites (N-methyl/N-ethyl adjacent to an activating group) is 1. The Morgan fingerprint density at radius 1 is 1.19 bits per heavy atom. The molecule has 0 spiro atoms. The first kappa shape index (κ1) is 14.1. The predicted octanol–water partition coefficient (Wildman–Crippen LogP) is 1.46. The molecule has 1 saturated heterocycles. The number of nitrogens with zero attached hydrogens (tertiary/aromatic N) is 3. The van der Waals surface area contributed by atoms with E-state index in [-0.39, 0.29) is 17.4 Å². The summed E-state index contributed by atoms with van der Waals surface area (Å²) < 4.78 is 10.6. The Bertz CT molecular complexity index is 549. The molecule has 1 aromatic rings. The standard InChI is InChI=1S/C14H19N3O4/c1-15-3-2-4-16(6-5-15)9-11-7-13-14(21-10-20-13)8-12(11)17(18)19/h7-8H,2-6,9-10H2,1H3. The summed E-state index contributed by atoms with van der Waals surface area (Å²) in [6.07, 6.45) is 1.08. The van der Waals surface area contributed by atoms with Gasteiger partial charge in [0, 0.05) is 25.2 Å². The third-order valence-corrected chi connectivity index (χ3v) is 3.98. The van der Waals surface area contributed by atoms with Crippen LogP contribution in [-0.2, 0) is 6.54 Å². The summed E-state index contributed by atoms with van der Waals surface area (Å²) >= 11 is 0. The van der Waals surface area contributed by atoms with Gasteiger partial charge in [0.2, 0.25) is 6.79 Å². The van der Waals surface area contributed by atoms with Crippen molar-refractivity contribution < 1.29 is 14.4 Å². The first-order chi connectivity index (χ1) is 10.1. The first-order valence-electron chi connectivity index (χ1n) is 7.11. The summed E-state index contributed by atoms with van der Waals surface area (Å²) in [4.78, 5) is 15.5. The maximum atomic E-state index is 11.3. The fourth-order valence-electron chi connectivity index (χ4n) is 2.77. The number of ether oxygens (including phenoxy) is 2. The van der Waals surface area contributed by atoms with Crippen LogP contribution in [0.4, 0.5) is 5.69 Å². The lowest BCUT2D eigenvalue weighted by Crippen LogP contribution is -2.28. The van der Waals surface area contributed by atoms with E-state index in [1.807, 2.05) is 0 Å². The highest BCUT2D eigenvalue weighted by Crippen LogP contribution is 2.38. The molecule has 0 N–H and O–H groups in total. The van der Waals surface area contributed by atoms with Gasteiger partial charge in [0.25, 0.3) is 5.69 Å². The van der Waals surface area contributed by atoms with Gasteiger partial charge in [-0.05, 0) is 32.6 Å². The zero-order chi connectivity index (χ0) is 14.8. The van der Waals surface area contributed by atoms with Crippen molar-refractivity contribution in [3.8, 4) is 11.5 Å². The minimum atomic E-state index is -0.346. The smallest absolute Gasteiger partial charge is 0.277 e. The highest BCUT2D eigenvalue weighted by atomic mass is 16.7. The van der Waals surface area contributed by atoms with Gasteiger partial charge < -0.3 is 14.4 Å². The van der Waals surface area contributed by atoms with Gasteiger partial charge in [-0.25, -0.2) is 0 Å². The molecule has 21 heavy (non-hydrogen) atoms. The normalized spacial score (nSPS) is 19.5. The van der Waals surface area contributed by atoms with Crippen molar-refractivity contribution in [3.63, 3.8) is 0 Å². The Morgan fingerprint density at radius 3 is 2.71 bits per heavy atom. The van der Waals surface area contributed by atoms with Crippen molar-refractivity contribution in [3.05, 3.63) is 27.8 Å².